The first-order valence-electron chi connectivity index (χ1n) is 7.28. The van der Waals surface area contributed by atoms with E-state index in [1.54, 1.807) is 12.1 Å². The van der Waals surface area contributed by atoms with Gasteiger partial charge in [-0.25, -0.2) is 9.59 Å². The second-order valence-corrected chi connectivity index (χ2v) is 4.80. The molecule has 8 nitrogen and oxygen atoms in total. The van der Waals surface area contributed by atoms with E-state index in [0.29, 0.717) is 0 Å². The van der Waals surface area contributed by atoms with Crippen molar-refractivity contribution in [3.63, 3.8) is 0 Å². The van der Waals surface area contributed by atoms with Crippen LogP contribution in [0.5, 0.6) is 5.75 Å². The second-order valence-electron chi connectivity index (χ2n) is 4.80. The van der Waals surface area contributed by atoms with Crippen LogP contribution < -0.4 is 15.1 Å². The predicted molar refractivity (Wildman–Crippen MR) is 86.3 cm³/mol. The normalized spacial score (nSPS) is 10.0. The number of nitrogens with zero attached hydrogens (tertiary/aromatic N) is 1. The molecule has 1 aromatic carbocycles. The van der Waals surface area contributed by atoms with Gasteiger partial charge in [0.2, 0.25) is 0 Å². The van der Waals surface area contributed by atoms with E-state index in [2.05, 4.69) is 9.47 Å². The van der Waals surface area contributed by atoms with Gasteiger partial charge in [0, 0.05) is 0 Å². The van der Waals surface area contributed by atoms with Gasteiger partial charge in [0.15, 0.2) is 18.1 Å². The Morgan fingerprint density at radius 3 is 2.36 bits per heavy atom. The average Bonchev–Trinajstić information content (AvgIpc) is 2.65. The van der Waals surface area contributed by atoms with Gasteiger partial charge in [0.1, 0.15) is 6.61 Å². The van der Waals surface area contributed by atoms with E-state index in [4.69, 9.17) is 9.57 Å². The fourth-order valence-corrected chi connectivity index (χ4v) is 1.91. The maximum absolute atomic E-state index is 12.5. The van der Waals surface area contributed by atoms with E-state index >= 15 is 0 Å². The van der Waals surface area contributed by atoms with E-state index in [9.17, 15) is 14.4 Å². The fraction of sp³-hybridized carbons (Fsp3) is 0.235. The maximum Gasteiger partial charge on any atom is 0.358 e. The van der Waals surface area contributed by atoms with Crippen LogP contribution in [0.1, 0.15) is 16.1 Å². The molecule has 0 aliphatic carbocycles. The van der Waals surface area contributed by atoms with Gasteiger partial charge in [0.05, 0.1) is 14.2 Å². The zero-order valence-corrected chi connectivity index (χ0v) is 13.8. The molecule has 2 aromatic rings. The van der Waals surface area contributed by atoms with E-state index in [1.165, 1.54) is 26.4 Å². The molecule has 0 radical (unpaired) electrons. The highest BCUT2D eigenvalue weighted by atomic mass is 16.7. The van der Waals surface area contributed by atoms with Crippen LogP contribution in [0.15, 0.2) is 47.3 Å². The Bertz CT molecular complexity index is 798. The standard InChI is InChI=1S/C17H17NO7/c1-22-15(19)11-24-14-9-8-13(17(21)23-2)18(16(14)20)25-10-12-6-4-3-5-7-12/h3-9H,10-11H2,1-2H3. The van der Waals surface area contributed by atoms with Crippen molar-refractivity contribution < 1.29 is 28.6 Å². The van der Waals surface area contributed by atoms with Gasteiger partial charge in [-0.15, -0.1) is 4.73 Å². The maximum atomic E-state index is 12.5. The van der Waals surface area contributed by atoms with Crippen molar-refractivity contribution in [2.45, 2.75) is 6.61 Å². The molecule has 0 saturated carbocycles. The van der Waals surface area contributed by atoms with Crippen LogP contribution >= 0.6 is 0 Å². The minimum atomic E-state index is -0.746. The first-order chi connectivity index (χ1) is 12.1. The fourth-order valence-electron chi connectivity index (χ4n) is 1.91. The Labute approximate surface area is 143 Å². The molecule has 0 bridgehead atoms. The molecule has 0 N–H and O–H groups in total. The van der Waals surface area contributed by atoms with Gasteiger partial charge in [-0.05, 0) is 17.7 Å². The Hall–Kier alpha value is -3.29. The van der Waals surface area contributed by atoms with Gasteiger partial charge in [-0.2, -0.15) is 0 Å². The molecular weight excluding hydrogens is 330 g/mol. The number of esters is 2. The highest BCUT2D eigenvalue weighted by Gasteiger charge is 2.18. The number of hydrogen-bond acceptors (Lipinski definition) is 7. The van der Waals surface area contributed by atoms with Crippen LogP contribution in [0.25, 0.3) is 0 Å². The summed E-state index contributed by atoms with van der Waals surface area (Å²) in [5, 5.41) is 0. The van der Waals surface area contributed by atoms with Crippen LogP contribution in [0, 0.1) is 0 Å². The lowest BCUT2D eigenvalue weighted by Crippen LogP contribution is -2.33. The van der Waals surface area contributed by atoms with Crippen LogP contribution in [0.4, 0.5) is 0 Å². The highest BCUT2D eigenvalue weighted by Crippen LogP contribution is 2.08. The average molecular weight is 347 g/mol. The summed E-state index contributed by atoms with van der Waals surface area (Å²) in [5.41, 5.74) is -0.0392. The first kappa shape index (κ1) is 18.1. The number of methoxy groups -OCH3 is 2. The number of benzene rings is 1. The summed E-state index contributed by atoms with van der Waals surface area (Å²) in [5.74, 6) is -1.55. The predicted octanol–water partition coefficient (Wildman–Crippen LogP) is 0.815. The van der Waals surface area contributed by atoms with Crippen molar-refractivity contribution in [3.05, 3.63) is 64.1 Å². The van der Waals surface area contributed by atoms with E-state index < -0.39 is 24.1 Å². The third kappa shape index (κ3) is 4.60. The summed E-state index contributed by atoms with van der Waals surface area (Å²) >= 11 is 0. The van der Waals surface area contributed by atoms with Crippen LogP contribution in [-0.4, -0.2) is 37.5 Å². The molecule has 0 amide bonds. The number of ether oxygens (including phenoxy) is 3. The molecule has 1 aromatic heterocycles. The number of rotatable bonds is 7. The van der Waals surface area contributed by atoms with Crippen molar-refractivity contribution in [3.8, 4) is 5.75 Å². The zero-order valence-electron chi connectivity index (χ0n) is 13.8. The smallest absolute Gasteiger partial charge is 0.358 e. The van der Waals surface area contributed by atoms with Gasteiger partial charge >= 0.3 is 17.5 Å². The summed E-state index contributed by atoms with van der Waals surface area (Å²) in [6.45, 7) is -0.396. The lowest BCUT2D eigenvalue weighted by molar-refractivity contribution is -0.142. The number of hydrogen-bond donors (Lipinski definition) is 0. The minimum Gasteiger partial charge on any atom is -0.476 e. The zero-order chi connectivity index (χ0) is 18.2. The Balaban J connectivity index is 2.30. The molecule has 0 aliphatic rings. The molecule has 132 valence electrons. The van der Waals surface area contributed by atoms with Crippen LogP contribution in [0.2, 0.25) is 0 Å². The van der Waals surface area contributed by atoms with Crippen LogP contribution in [0.3, 0.4) is 0 Å². The monoisotopic (exact) mass is 347 g/mol. The molecule has 0 fully saturated rings. The molecule has 0 atom stereocenters. The molecule has 0 spiro atoms. The lowest BCUT2D eigenvalue weighted by atomic mass is 10.2. The van der Waals surface area contributed by atoms with Crippen molar-refractivity contribution in [1.29, 1.82) is 0 Å². The van der Waals surface area contributed by atoms with Gasteiger partial charge < -0.3 is 19.0 Å². The Kier molecular flexibility index (Phi) is 6.16. The highest BCUT2D eigenvalue weighted by molar-refractivity contribution is 5.87. The molecule has 1 heterocycles. The Morgan fingerprint density at radius 1 is 1.00 bits per heavy atom. The number of carbonyl (C=O) groups excluding carboxylic acids is 2. The summed E-state index contributed by atoms with van der Waals surface area (Å²) in [4.78, 5) is 40.9. The van der Waals surface area contributed by atoms with Gasteiger partial charge in [0.25, 0.3) is 0 Å². The summed E-state index contributed by atoms with van der Waals surface area (Å²) in [6.07, 6.45) is 0. The molecular formula is C17H17NO7. The van der Waals surface area contributed by atoms with Crippen molar-refractivity contribution in [2.24, 2.45) is 0 Å². The van der Waals surface area contributed by atoms with Crippen molar-refractivity contribution in [1.82, 2.24) is 4.73 Å². The molecule has 2 rings (SSSR count). The van der Waals surface area contributed by atoms with Crippen molar-refractivity contribution in [2.75, 3.05) is 20.8 Å². The summed E-state index contributed by atoms with van der Waals surface area (Å²) < 4.78 is 15.0. The largest absolute Gasteiger partial charge is 0.476 e. The van der Waals surface area contributed by atoms with E-state index in [0.717, 1.165) is 10.3 Å². The minimum absolute atomic E-state index is 0.0468. The second kappa shape index (κ2) is 8.53. The third-order valence-corrected chi connectivity index (χ3v) is 3.18. The molecule has 8 heteroatoms. The number of aromatic nitrogens is 1. The SMILES string of the molecule is COC(=O)COc1ccc(C(=O)OC)n(OCc2ccccc2)c1=O. The number of carbonyl (C=O) groups is 2. The number of pyridine rings is 1. The quantitative estimate of drug-likeness (QED) is 0.684. The molecule has 0 aliphatic heterocycles. The van der Waals surface area contributed by atoms with Gasteiger partial charge in [-0.3, -0.25) is 4.79 Å². The first-order valence-corrected chi connectivity index (χ1v) is 7.28. The van der Waals surface area contributed by atoms with Gasteiger partial charge in [-0.1, -0.05) is 30.3 Å². The Morgan fingerprint density at radius 2 is 1.72 bits per heavy atom. The molecule has 0 unspecified atom stereocenters. The summed E-state index contributed by atoms with van der Waals surface area (Å²) in [6, 6.07) is 11.7. The van der Waals surface area contributed by atoms with E-state index in [1.807, 2.05) is 18.2 Å². The third-order valence-electron chi connectivity index (χ3n) is 3.18. The lowest BCUT2D eigenvalue weighted by Gasteiger charge is -2.14. The van der Waals surface area contributed by atoms with E-state index in [-0.39, 0.29) is 18.1 Å². The van der Waals surface area contributed by atoms with Crippen LogP contribution in [-0.2, 0) is 20.9 Å². The molecule has 25 heavy (non-hydrogen) atoms. The topological polar surface area (TPSA) is 93.1 Å². The summed E-state index contributed by atoms with van der Waals surface area (Å²) in [7, 11) is 2.39. The van der Waals surface area contributed by atoms with Crippen molar-refractivity contribution >= 4 is 11.9 Å². The molecule has 0 saturated heterocycles.